The molecule has 0 bridgehead atoms. The van der Waals surface area contributed by atoms with Crippen molar-refractivity contribution in [2.45, 2.75) is 12.8 Å². The van der Waals surface area contributed by atoms with E-state index in [2.05, 4.69) is 33.7 Å². The van der Waals surface area contributed by atoms with E-state index >= 15 is 0 Å². The van der Waals surface area contributed by atoms with Crippen LogP contribution < -0.4 is 11.1 Å². The maximum atomic E-state index is 12.4. The van der Waals surface area contributed by atoms with Gasteiger partial charge in [-0.3, -0.25) is 9.89 Å². The highest BCUT2D eigenvalue weighted by Crippen LogP contribution is 2.29. The number of nitrogens with two attached hydrogens (primary N) is 1. The molecule has 0 saturated heterocycles. The van der Waals surface area contributed by atoms with Crippen LogP contribution in [0.3, 0.4) is 0 Å². The van der Waals surface area contributed by atoms with E-state index in [1.807, 2.05) is 18.2 Å². The van der Waals surface area contributed by atoms with Gasteiger partial charge < -0.3 is 11.1 Å². The molecule has 0 saturated carbocycles. The van der Waals surface area contributed by atoms with E-state index in [1.54, 1.807) is 24.3 Å². The average molecular weight is 330 g/mol. The molecule has 1 amide bonds. The number of nitrogens with zero attached hydrogens (tertiary/aromatic N) is 1. The van der Waals surface area contributed by atoms with Gasteiger partial charge in [0.05, 0.1) is 11.2 Å². The Morgan fingerprint density at radius 2 is 2.00 bits per heavy atom. The van der Waals surface area contributed by atoms with E-state index in [0.717, 1.165) is 35.1 Å². The van der Waals surface area contributed by atoms with Gasteiger partial charge in [0, 0.05) is 22.3 Å². The highest BCUT2D eigenvalue weighted by molar-refractivity contribution is 6.05. The van der Waals surface area contributed by atoms with Gasteiger partial charge in [-0.1, -0.05) is 18.2 Å². The molecule has 0 radical (unpaired) electrons. The Morgan fingerprint density at radius 3 is 2.76 bits per heavy atom. The van der Waals surface area contributed by atoms with Crippen molar-refractivity contribution in [1.29, 1.82) is 0 Å². The van der Waals surface area contributed by atoms with Crippen molar-refractivity contribution < 1.29 is 4.79 Å². The second-order valence-electron chi connectivity index (χ2n) is 6.07. The van der Waals surface area contributed by atoms with Gasteiger partial charge in [-0.2, -0.15) is 5.10 Å². The third-order valence-electron chi connectivity index (χ3n) is 4.31. The molecular formula is C20H18N4O. The molecule has 124 valence electrons. The van der Waals surface area contributed by atoms with Crippen LogP contribution in [0, 0.1) is 0 Å². The van der Waals surface area contributed by atoms with Gasteiger partial charge in [0.2, 0.25) is 0 Å². The van der Waals surface area contributed by atoms with Gasteiger partial charge in [-0.05, 0) is 60.9 Å². The molecule has 5 heteroatoms. The standard InChI is InChI=1S/C20H18N4O/c21-15-8-6-14(7-9-15)20(25)22-16-10-11-18-17(12-16)19(24-23-18)13-4-2-1-3-5-13/h1-2,4,6-12H,3,5,21H2,(H,22,25)(H,23,24). The van der Waals surface area contributed by atoms with Gasteiger partial charge >= 0.3 is 0 Å². The average Bonchev–Trinajstić information content (AvgIpc) is 3.06. The van der Waals surface area contributed by atoms with Crippen molar-refractivity contribution in [3.05, 3.63) is 72.0 Å². The topological polar surface area (TPSA) is 83.8 Å². The number of H-pyrrole nitrogens is 1. The number of amides is 1. The van der Waals surface area contributed by atoms with Crippen molar-refractivity contribution in [1.82, 2.24) is 10.2 Å². The monoisotopic (exact) mass is 330 g/mol. The van der Waals surface area contributed by atoms with Crippen molar-refractivity contribution in [2.75, 3.05) is 11.1 Å². The summed E-state index contributed by atoms with van der Waals surface area (Å²) in [5, 5.41) is 11.5. The summed E-state index contributed by atoms with van der Waals surface area (Å²) in [7, 11) is 0. The van der Waals surface area contributed by atoms with Crippen LogP contribution in [0.5, 0.6) is 0 Å². The largest absolute Gasteiger partial charge is 0.399 e. The Labute approximate surface area is 145 Å². The van der Waals surface area contributed by atoms with E-state index in [1.165, 1.54) is 5.57 Å². The third kappa shape index (κ3) is 3.04. The highest BCUT2D eigenvalue weighted by atomic mass is 16.1. The molecule has 1 aliphatic rings. The van der Waals surface area contributed by atoms with E-state index < -0.39 is 0 Å². The summed E-state index contributed by atoms with van der Waals surface area (Å²) in [6, 6.07) is 12.6. The predicted octanol–water partition coefficient (Wildman–Crippen LogP) is 4.13. The summed E-state index contributed by atoms with van der Waals surface area (Å²) >= 11 is 0. The summed E-state index contributed by atoms with van der Waals surface area (Å²) in [6.07, 6.45) is 8.30. The molecule has 0 atom stereocenters. The fourth-order valence-corrected chi connectivity index (χ4v) is 2.97. The Morgan fingerprint density at radius 1 is 1.16 bits per heavy atom. The molecule has 0 fully saturated rings. The fraction of sp³-hybridized carbons (Fsp3) is 0.100. The molecule has 5 nitrogen and oxygen atoms in total. The van der Waals surface area contributed by atoms with Gasteiger partial charge in [0.25, 0.3) is 5.91 Å². The number of aromatic amines is 1. The van der Waals surface area contributed by atoms with Gasteiger partial charge in [0.1, 0.15) is 0 Å². The lowest BCUT2D eigenvalue weighted by Crippen LogP contribution is -2.11. The number of fused-ring (bicyclic) bond motifs is 1. The minimum absolute atomic E-state index is 0.163. The lowest BCUT2D eigenvalue weighted by atomic mass is 9.99. The van der Waals surface area contributed by atoms with E-state index in [0.29, 0.717) is 11.3 Å². The van der Waals surface area contributed by atoms with Crippen molar-refractivity contribution in [2.24, 2.45) is 0 Å². The Bertz CT molecular complexity index is 996. The van der Waals surface area contributed by atoms with Crippen LogP contribution in [0.15, 0.2) is 60.7 Å². The fourth-order valence-electron chi connectivity index (χ4n) is 2.97. The first kappa shape index (κ1) is 15.2. The maximum Gasteiger partial charge on any atom is 0.255 e. The zero-order valence-corrected chi connectivity index (χ0v) is 13.6. The van der Waals surface area contributed by atoms with Crippen LogP contribution in [-0.4, -0.2) is 16.1 Å². The minimum Gasteiger partial charge on any atom is -0.399 e. The van der Waals surface area contributed by atoms with Crippen LogP contribution >= 0.6 is 0 Å². The summed E-state index contributed by atoms with van der Waals surface area (Å²) in [5.74, 6) is -0.163. The van der Waals surface area contributed by atoms with Crippen LogP contribution in [0.2, 0.25) is 0 Å². The number of carbonyl (C=O) groups is 1. The molecule has 1 aromatic heterocycles. The Hall–Kier alpha value is -3.34. The van der Waals surface area contributed by atoms with Crippen LogP contribution in [0.4, 0.5) is 11.4 Å². The smallest absolute Gasteiger partial charge is 0.255 e. The van der Waals surface area contributed by atoms with Crippen molar-refractivity contribution in [3.8, 4) is 0 Å². The molecule has 25 heavy (non-hydrogen) atoms. The van der Waals surface area contributed by atoms with E-state index in [-0.39, 0.29) is 5.91 Å². The number of carbonyl (C=O) groups excluding carboxylic acids is 1. The number of benzene rings is 2. The third-order valence-corrected chi connectivity index (χ3v) is 4.31. The predicted molar refractivity (Wildman–Crippen MR) is 101 cm³/mol. The van der Waals surface area contributed by atoms with Crippen LogP contribution in [0.1, 0.15) is 28.9 Å². The number of rotatable bonds is 3. The number of nitrogen functional groups attached to an aromatic ring is 1. The number of aromatic nitrogens is 2. The first-order chi connectivity index (χ1) is 12.2. The van der Waals surface area contributed by atoms with E-state index in [9.17, 15) is 4.79 Å². The number of anilines is 2. The second-order valence-corrected chi connectivity index (χ2v) is 6.07. The lowest BCUT2D eigenvalue weighted by Gasteiger charge is -2.08. The molecule has 2 aromatic carbocycles. The molecule has 0 unspecified atom stereocenters. The van der Waals surface area contributed by atoms with Gasteiger partial charge in [-0.25, -0.2) is 0 Å². The molecule has 0 spiro atoms. The first-order valence-corrected chi connectivity index (χ1v) is 8.22. The summed E-state index contributed by atoms with van der Waals surface area (Å²) in [6.45, 7) is 0. The Kier molecular flexibility index (Phi) is 3.82. The molecule has 4 rings (SSSR count). The lowest BCUT2D eigenvalue weighted by molar-refractivity contribution is 0.102. The molecule has 1 heterocycles. The highest BCUT2D eigenvalue weighted by Gasteiger charge is 2.13. The molecule has 3 aromatic rings. The SMILES string of the molecule is Nc1ccc(C(=O)Nc2ccc3[nH]nc(C4=CC=CCC4)c3c2)cc1. The molecular weight excluding hydrogens is 312 g/mol. The van der Waals surface area contributed by atoms with Crippen LogP contribution in [-0.2, 0) is 0 Å². The second kappa shape index (κ2) is 6.28. The van der Waals surface area contributed by atoms with Gasteiger partial charge in [-0.15, -0.1) is 0 Å². The zero-order valence-electron chi connectivity index (χ0n) is 13.6. The van der Waals surface area contributed by atoms with Crippen molar-refractivity contribution >= 4 is 33.8 Å². The number of nitrogens with one attached hydrogen (secondary N) is 2. The number of allylic oxidation sites excluding steroid dienone is 4. The molecule has 0 aliphatic heterocycles. The maximum absolute atomic E-state index is 12.4. The summed E-state index contributed by atoms with van der Waals surface area (Å²) < 4.78 is 0. The van der Waals surface area contributed by atoms with Crippen LogP contribution in [0.25, 0.3) is 16.5 Å². The molecule has 4 N–H and O–H groups in total. The quantitative estimate of drug-likeness (QED) is 0.631. The normalized spacial score (nSPS) is 13.7. The van der Waals surface area contributed by atoms with E-state index in [4.69, 9.17) is 5.73 Å². The zero-order chi connectivity index (χ0) is 17.2. The first-order valence-electron chi connectivity index (χ1n) is 8.22. The summed E-state index contributed by atoms with van der Waals surface area (Å²) in [4.78, 5) is 12.4. The Balaban J connectivity index is 1.64. The summed E-state index contributed by atoms with van der Waals surface area (Å²) in [5.41, 5.74) is 10.7. The number of hydrogen-bond donors (Lipinski definition) is 3. The van der Waals surface area contributed by atoms with Crippen molar-refractivity contribution in [3.63, 3.8) is 0 Å². The van der Waals surface area contributed by atoms with Gasteiger partial charge in [0.15, 0.2) is 0 Å². The minimum atomic E-state index is -0.163. The molecule has 1 aliphatic carbocycles. The number of hydrogen-bond acceptors (Lipinski definition) is 3.